The highest BCUT2D eigenvalue weighted by atomic mass is 16.6. The summed E-state index contributed by atoms with van der Waals surface area (Å²) in [5, 5.41) is 9.62. The highest BCUT2D eigenvalue weighted by Gasteiger charge is 2.16. The molecule has 0 heterocycles. The molecular formula is C55H104O5. The van der Waals surface area contributed by atoms with E-state index in [2.05, 4.69) is 38.2 Å². The van der Waals surface area contributed by atoms with Crippen molar-refractivity contribution in [3.63, 3.8) is 0 Å². The highest BCUT2D eigenvalue weighted by Crippen LogP contribution is 2.17. The van der Waals surface area contributed by atoms with Crippen molar-refractivity contribution in [2.45, 2.75) is 302 Å². The maximum Gasteiger partial charge on any atom is 0.306 e. The van der Waals surface area contributed by atoms with Crippen LogP contribution in [0.5, 0.6) is 0 Å². The number of hydrogen-bond acceptors (Lipinski definition) is 5. The molecule has 0 aliphatic carbocycles. The number of carbonyl (C=O) groups is 2. The Morgan fingerprint density at radius 1 is 0.367 bits per heavy atom. The zero-order valence-corrected chi connectivity index (χ0v) is 40.5. The minimum absolute atomic E-state index is 0.0877. The van der Waals surface area contributed by atoms with Gasteiger partial charge in [0.2, 0.25) is 0 Å². The number of ether oxygens (including phenoxy) is 2. The first-order chi connectivity index (χ1) is 29.6. The van der Waals surface area contributed by atoms with E-state index >= 15 is 0 Å². The molecule has 0 aromatic carbocycles. The van der Waals surface area contributed by atoms with Gasteiger partial charge in [0.25, 0.3) is 0 Å². The predicted molar refractivity (Wildman–Crippen MR) is 261 cm³/mol. The maximum absolute atomic E-state index is 12.3. The van der Waals surface area contributed by atoms with Gasteiger partial charge in [0.05, 0.1) is 6.61 Å². The van der Waals surface area contributed by atoms with Crippen molar-refractivity contribution in [3.05, 3.63) is 24.3 Å². The first-order valence-corrected chi connectivity index (χ1v) is 26.9. The van der Waals surface area contributed by atoms with Gasteiger partial charge in [-0.25, -0.2) is 0 Å². The van der Waals surface area contributed by atoms with Gasteiger partial charge < -0.3 is 14.6 Å². The van der Waals surface area contributed by atoms with Crippen molar-refractivity contribution < 1.29 is 24.2 Å². The summed E-state index contributed by atoms with van der Waals surface area (Å²) < 4.78 is 10.6. The first-order valence-electron chi connectivity index (χ1n) is 26.9. The van der Waals surface area contributed by atoms with E-state index in [4.69, 9.17) is 9.47 Å². The van der Waals surface area contributed by atoms with Crippen molar-refractivity contribution in [1.29, 1.82) is 0 Å². The van der Waals surface area contributed by atoms with Crippen LogP contribution in [0, 0.1) is 0 Å². The van der Waals surface area contributed by atoms with E-state index in [0.717, 1.165) is 38.5 Å². The second-order valence-corrected chi connectivity index (χ2v) is 18.3. The molecule has 5 heteroatoms. The van der Waals surface area contributed by atoms with Crippen LogP contribution in [0.3, 0.4) is 0 Å². The van der Waals surface area contributed by atoms with Gasteiger partial charge in [0.15, 0.2) is 6.10 Å². The third-order valence-electron chi connectivity index (χ3n) is 12.2. The monoisotopic (exact) mass is 845 g/mol. The second-order valence-electron chi connectivity index (χ2n) is 18.3. The van der Waals surface area contributed by atoms with E-state index in [1.54, 1.807) is 0 Å². The van der Waals surface area contributed by atoms with Gasteiger partial charge in [-0.05, 0) is 51.4 Å². The molecule has 0 bridgehead atoms. The number of aliphatic hydroxyl groups excluding tert-OH is 1. The van der Waals surface area contributed by atoms with Crippen LogP contribution in [0.1, 0.15) is 296 Å². The average molecular weight is 845 g/mol. The van der Waals surface area contributed by atoms with E-state index in [0.29, 0.717) is 12.8 Å². The standard InChI is InChI=1S/C55H104O5/c1-3-5-7-9-11-13-15-17-19-21-23-25-27-29-31-33-35-37-39-41-43-45-47-49-54(57)59-52-53(51-56)60-55(58)50-48-46-44-42-40-38-36-34-32-30-28-26-24-22-20-18-16-14-12-10-8-6-4-2/h41-44,53,56H,3-40,45-52H2,1-2H3/b43-41+,44-42+/t53-/m0/s1. The lowest BCUT2D eigenvalue weighted by atomic mass is 10.0. The van der Waals surface area contributed by atoms with Crippen LogP contribution >= 0.6 is 0 Å². The van der Waals surface area contributed by atoms with E-state index < -0.39 is 6.10 Å². The molecule has 0 fully saturated rings. The number of carbonyl (C=O) groups excluding carboxylic acids is 2. The smallest absolute Gasteiger partial charge is 0.306 e. The van der Waals surface area contributed by atoms with Crippen LogP contribution in [-0.4, -0.2) is 36.4 Å². The predicted octanol–water partition coefficient (Wildman–Crippen LogP) is 17.8. The Balaban J connectivity index is 3.49. The molecule has 0 amide bonds. The zero-order valence-electron chi connectivity index (χ0n) is 40.5. The van der Waals surface area contributed by atoms with Gasteiger partial charge in [-0.3, -0.25) is 9.59 Å². The Labute approximate surface area is 374 Å². The lowest BCUT2D eigenvalue weighted by Gasteiger charge is -2.15. The van der Waals surface area contributed by atoms with Crippen LogP contribution in [0.4, 0.5) is 0 Å². The summed E-state index contributed by atoms with van der Waals surface area (Å²) in [5.74, 6) is -0.650. The lowest BCUT2D eigenvalue weighted by molar-refractivity contribution is -0.161. The summed E-state index contributed by atoms with van der Waals surface area (Å²) in [6.07, 6.45) is 64.5. The highest BCUT2D eigenvalue weighted by molar-refractivity contribution is 5.70. The number of unbranched alkanes of at least 4 members (excludes halogenated alkanes) is 38. The summed E-state index contributed by atoms with van der Waals surface area (Å²) in [4.78, 5) is 24.4. The Morgan fingerprint density at radius 2 is 0.617 bits per heavy atom. The number of esters is 2. The van der Waals surface area contributed by atoms with Gasteiger partial charge >= 0.3 is 11.9 Å². The van der Waals surface area contributed by atoms with Crippen molar-refractivity contribution in [3.8, 4) is 0 Å². The van der Waals surface area contributed by atoms with E-state index in [1.807, 2.05) is 0 Å². The molecule has 1 atom stereocenters. The fourth-order valence-corrected chi connectivity index (χ4v) is 8.15. The van der Waals surface area contributed by atoms with E-state index in [1.165, 1.54) is 231 Å². The van der Waals surface area contributed by atoms with Gasteiger partial charge in [-0.1, -0.05) is 256 Å². The molecule has 0 aliphatic heterocycles. The molecule has 0 unspecified atom stereocenters. The quantitative estimate of drug-likeness (QED) is 0.0375. The van der Waals surface area contributed by atoms with Gasteiger partial charge in [-0.15, -0.1) is 0 Å². The number of allylic oxidation sites excluding steroid dienone is 4. The maximum atomic E-state index is 12.3. The van der Waals surface area contributed by atoms with Crippen LogP contribution in [0.2, 0.25) is 0 Å². The fourth-order valence-electron chi connectivity index (χ4n) is 8.15. The number of rotatable bonds is 50. The van der Waals surface area contributed by atoms with Crippen LogP contribution in [0.25, 0.3) is 0 Å². The molecule has 0 aromatic heterocycles. The summed E-state index contributed by atoms with van der Waals surface area (Å²) in [7, 11) is 0. The Hall–Kier alpha value is -1.62. The van der Waals surface area contributed by atoms with Crippen LogP contribution in [-0.2, 0) is 19.1 Å². The molecule has 0 saturated carbocycles. The second kappa shape index (κ2) is 51.7. The molecule has 0 saturated heterocycles. The molecular weight excluding hydrogens is 741 g/mol. The molecule has 60 heavy (non-hydrogen) atoms. The topological polar surface area (TPSA) is 72.8 Å². The molecule has 0 spiro atoms. The molecule has 0 aliphatic rings. The molecule has 1 N–H and O–H groups in total. The van der Waals surface area contributed by atoms with Crippen molar-refractivity contribution >= 4 is 11.9 Å². The van der Waals surface area contributed by atoms with Gasteiger partial charge in [0.1, 0.15) is 6.61 Å². The molecule has 5 nitrogen and oxygen atoms in total. The number of hydrogen-bond donors (Lipinski definition) is 1. The zero-order chi connectivity index (χ0) is 43.5. The Morgan fingerprint density at radius 3 is 0.900 bits per heavy atom. The molecule has 354 valence electrons. The van der Waals surface area contributed by atoms with Crippen molar-refractivity contribution in [1.82, 2.24) is 0 Å². The Bertz CT molecular complexity index is 913. The van der Waals surface area contributed by atoms with Crippen molar-refractivity contribution in [2.75, 3.05) is 13.2 Å². The SMILES string of the molecule is CCCCCCCCCCCCCCCCCCCC/C=C/CCCC(=O)OC[C@H](CO)OC(=O)CCC/C=C/CCCCCCCCCCCCCCCCCCCC. The summed E-state index contributed by atoms with van der Waals surface area (Å²) >= 11 is 0. The van der Waals surface area contributed by atoms with Gasteiger partial charge in [-0.2, -0.15) is 0 Å². The molecule has 0 aromatic rings. The van der Waals surface area contributed by atoms with E-state index in [-0.39, 0.29) is 25.2 Å². The summed E-state index contributed by atoms with van der Waals surface area (Å²) in [6, 6.07) is 0. The van der Waals surface area contributed by atoms with Crippen molar-refractivity contribution in [2.24, 2.45) is 0 Å². The first kappa shape index (κ1) is 58.4. The average Bonchev–Trinajstić information content (AvgIpc) is 3.25. The summed E-state index contributed by atoms with van der Waals surface area (Å²) in [6.45, 7) is 4.15. The third-order valence-corrected chi connectivity index (χ3v) is 12.2. The largest absolute Gasteiger partial charge is 0.462 e. The molecule has 0 rings (SSSR count). The van der Waals surface area contributed by atoms with Gasteiger partial charge in [0, 0.05) is 12.8 Å². The summed E-state index contributed by atoms with van der Waals surface area (Å²) in [5.41, 5.74) is 0. The minimum Gasteiger partial charge on any atom is -0.462 e. The van der Waals surface area contributed by atoms with Crippen LogP contribution < -0.4 is 0 Å². The molecule has 0 radical (unpaired) electrons. The minimum atomic E-state index is -0.796. The Kier molecular flexibility index (Phi) is 50.3. The van der Waals surface area contributed by atoms with Crippen LogP contribution in [0.15, 0.2) is 24.3 Å². The van der Waals surface area contributed by atoms with E-state index in [9.17, 15) is 14.7 Å². The normalized spacial score (nSPS) is 12.2. The third kappa shape index (κ3) is 49.0. The lowest BCUT2D eigenvalue weighted by Crippen LogP contribution is -2.28. The number of aliphatic hydroxyl groups is 1. The fraction of sp³-hybridized carbons (Fsp3) is 0.891.